The van der Waals surface area contributed by atoms with Gasteiger partial charge in [0.2, 0.25) is 17.7 Å². The Morgan fingerprint density at radius 2 is 1.89 bits per heavy atom. The molecule has 0 spiro atoms. The van der Waals surface area contributed by atoms with Crippen LogP contribution in [0.5, 0.6) is 0 Å². The molecule has 6 N–H and O–H groups in total. The molecular weight excluding hydrogens is 272 g/mol. The Morgan fingerprint density at radius 3 is 2.42 bits per heavy atom. The van der Waals surface area contributed by atoms with E-state index in [1.165, 1.54) is 0 Å². The molecule has 110 valence electrons. The average molecular weight is 293 g/mol. The largest absolute Gasteiger partial charge is 0.370 e. The summed E-state index contributed by atoms with van der Waals surface area (Å²) in [4.78, 5) is 33.6. The van der Waals surface area contributed by atoms with Crippen LogP contribution in [-0.2, 0) is 14.4 Å². The van der Waals surface area contributed by atoms with Crippen LogP contribution in [0.3, 0.4) is 0 Å². The van der Waals surface area contributed by atoms with Crippen molar-refractivity contribution in [2.45, 2.75) is 31.7 Å². The maximum atomic E-state index is 11.8. The Labute approximate surface area is 117 Å². The second-order valence-corrected chi connectivity index (χ2v) is 4.31. The van der Waals surface area contributed by atoms with Gasteiger partial charge in [0.25, 0.3) is 0 Å². The highest BCUT2D eigenvalue weighted by Gasteiger charge is 2.19. The summed E-state index contributed by atoms with van der Waals surface area (Å²) in [6, 6.07) is -0.661. The molecule has 0 bridgehead atoms. The van der Waals surface area contributed by atoms with Crippen LogP contribution >= 0.6 is 11.6 Å². The molecule has 1 atom stereocenters. The molecule has 3 amide bonds. The highest BCUT2D eigenvalue weighted by molar-refractivity contribution is 6.27. The molecule has 7 nitrogen and oxygen atoms in total. The molecule has 0 radical (unpaired) electrons. The van der Waals surface area contributed by atoms with Gasteiger partial charge >= 0.3 is 0 Å². The van der Waals surface area contributed by atoms with E-state index >= 15 is 0 Å². The van der Waals surface area contributed by atoms with Crippen LogP contribution in [-0.4, -0.2) is 42.7 Å². The van der Waals surface area contributed by atoms with Gasteiger partial charge in [-0.1, -0.05) is 0 Å². The minimum absolute atomic E-state index is 0.0602. The van der Waals surface area contributed by atoms with Gasteiger partial charge in [0.05, 0.1) is 0 Å². The lowest BCUT2D eigenvalue weighted by molar-refractivity contribution is -0.128. The van der Waals surface area contributed by atoms with Crippen LogP contribution in [0.25, 0.3) is 0 Å². The normalized spacial score (nSPS) is 11.7. The molecule has 0 aliphatic rings. The van der Waals surface area contributed by atoms with Gasteiger partial charge in [-0.15, -0.1) is 11.6 Å². The van der Waals surface area contributed by atoms with E-state index in [1.807, 2.05) is 0 Å². The monoisotopic (exact) mass is 292 g/mol. The number of nitrogens with two attached hydrogens (primary N) is 2. The van der Waals surface area contributed by atoms with Crippen molar-refractivity contribution in [1.82, 2.24) is 10.6 Å². The first-order valence-corrected chi connectivity index (χ1v) is 6.66. The summed E-state index contributed by atoms with van der Waals surface area (Å²) in [7, 11) is 0. The van der Waals surface area contributed by atoms with Crippen molar-refractivity contribution in [2.75, 3.05) is 19.0 Å². The van der Waals surface area contributed by atoms with Gasteiger partial charge in [0.1, 0.15) is 11.9 Å². The number of rotatable bonds is 10. The van der Waals surface area contributed by atoms with E-state index in [2.05, 4.69) is 10.6 Å². The van der Waals surface area contributed by atoms with E-state index in [0.717, 1.165) is 6.42 Å². The van der Waals surface area contributed by atoms with Gasteiger partial charge in [-0.25, -0.2) is 0 Å². The zero-order valence-corrected chi connectivity index (χ0v) is 11.5. The second-order valence-electron chi connectivity index (χ2n) is 4.05. The predicted octanol–water partition coefficient (Wildman–Crippen LogP) is -1.17. The summed E-state index contributed by atoms with van der Waals surface area (Å²) in [6.07, 6.45) is 2.02. The lowest BCUT2D eigenvalue weighted by Crippen LogP contribution is -2.47. The smallest absolute Gasteiger partial charge is 0.242 e. The third-order valence-electron chi connectivity index (χ3n) is 2.39. The molecule has 19 heavy (non-hydrogen) atoms. The van der Waals surface area contributed by atoms with Crippen LogP contribution in [0.15, 0.2) is 0 Å². The van der Waals surface area contributed by atoms with Crippen LogP contribution in [0.1, 0.15) is 25.7 Å². The highest BCUT2D eigenvalue weighted by atomic mass is 35.5. The molecule has 0 rings (SSSR count). The number of primary amides is 1. The molecule has 0 aliphatic heterocycles. The van der Waals surface area contributed by atoms with Gasteiger partial charge in [-0.3, -0.25) is 14.4 Å². The highest BCUT2D eigenvalue weighted by Crippen LogP contribution is 2.01. The fourth-order valence-electron chi connectivity index (χ4n) is 1.43. The van der Waals surface area contributed by atoms with Gasteiger partial charge in [0.15, 0.2) is 0 Å². The number of carbonyl (C=O) groups excluding carboxylic acids is 3. The summed E-state index contributed by atoms with van der Waals surface area (Å²) in [5, 5.41) is 5.07. The number of halogens is 1. The standard InChI is InChI=1S/C11H21ClN4O3/c12-7-10(18)16-8(3-1-2-5-13)11(19)15-6-4-9(14)17/h8H,1-7,13H2,(H2,14,17)(H,15,19)(H,16,18)/t8-/m0/s1. The maximum absolute atomic E-state index is 11.8. The fraction of sp³-hybridized carbons (Fsp3) is 0.727. The molecule has 0 heterocycles. The molecule has 0 unspecified atom stereocenters. The summed E-state index contributed by atoms with van der Waals surface area (Å²) < 4.78 is 0. The number of amides is 3. The Kier molecular flexibility index (Phi) is 9.82. The van der Waals surface area contributed by atoms with E-state index in [-0.39, 0.29) is 24.8 Å². The molecule has 0 fully saturated rings. The van der Waals surface area contributed by atoms with Gasteiger partial charge in [-0.2, -0.15) is 0 Å². The lowest BCUT2D eigenvalue weighted by Gasteiger charge is -2.17. The molecule has 0 aromatic heterocycles. The van der Waals surface area contributed by atoms with Crippen LogP contribution in [0, 0.1) is 0 Å². The van der Waals surface area contributed by atoms with Crippen molar-refractivity contribution in [1.29, 1.82) is 0 Å². The molecular formula is C11H21ClN4O3. The van der Waals surface area contributed by atoms with Crippen molar-refractivity contribution >= 4 is 29.3 Å². The second kappa shape index (κ2) is 10.6. The molecule has 0 aliphatic carbocycles. The Balaban J connectivity index is 4.23. The van der Waals surface area contributed by atoms with Crippen LogP contribution in [0.4, 0.5) is 0 Å². The zero-order valence-electron chi connectivity index (χ0n) is 10.8. The molecule has 8 heteroatoms. The molecule has 0 saturated heterocycles. The van der Waals surface area contributed by atoms with Crippen molar-refractivity contribution in [3.05, 3.63) is 0 Å². The molecule has 0 aromatic rings. The number of alkyl halides is 1. The number of hydrogen-bond acceptors (Lipinski definition) is 4. The van der Waals surface area contributed by atoms with Crippen LogP contribution in [0.2, 0.25) is 0 Å². The minimum atomic E-state index is -0.661. The van der Waals surface area contributed by atoms with E-state index in [0.29, 0.717) is 19.4 Å². The number of nitrogens with one attached hydrogen (secondary N) is 2. The predicted molar refractivity (Wildman–Crippen MR) is 72.4 cm³/mol. The minimum Gasteiger partial charge on any atom is -0.370 e. The van der Waals surface area contributed by atoms with Gasteiger partial charge < -0.3 is 22.1 Å². The van der Waals surface area contributed by atoms with E-state index in [1.54, 1.807) is 0 Å². The van der Waals surface area contributed by atoms with Crippen molar-refractivity contribution in [3.8, 4) is 0 Å². The first-order valence-electron chi connectivity index (χ1n) is 6.12. The summed E-state index contributed by atoms with van der Waals surface area (Å²) in [5.41, 5.74) is 10.3. The number of unbranched alkanes of at least 4 members (excludes halogenated alkanes) is 1. The number of hydrogen-bond donors (Lipinski definition) is 4. The first-order chi connectivity index (χ1) is 9.01. The Bertz CT molecular complexity index is 312. The van der Waals surface area contributed by atoms with Gasteiger partial charge in [0, 0.05) is 13.0 Å². The van der Waals surface area contributed by atoms with Crippen molar-refractivity contribution in [2.24, 2.45) is 11.5 Å². The molecule has 0 aromatic carbocycles. The van der Waals surface area contributed by atoms with Gasteiger partial charge in [-0.05, 0) is 25.8 Å². The SMILES string of the molecule is NCCCC[C@H](NC(=O)CCl)C(=O)NCCC(N)=O. The van der Waals surface area contributed by atoms with Crippen molar-refractivity contribution < 1.29 is 14.4 Å². The zero-order chi connectivity index (χ0) is 14.7. The Morgan fingerprint density at radius 1 is 1.21 bits per heavy atom. The van der Waals surface area contributed by atoms with Crippen molar-refractivity contribution in [3.63, 3.8) is 0 Å². The Hall–Kier alpha value is -1.34. The topological polar surface area (TPSA) is 127 Å². The molecule has 0 saturated carbocycles. The van der Waals surface area contributed by atoms with E-state index in [9.17, 15) is 14.4 Å². The quantitative estimate of drug-likeness (QED) is 0.299. The fourth-order valence-corrected chi connectivity index (χ4v) is 1.50. The third-order valence-corrected chi connectivity index (χ3v) is 2.63. The maximum Gasteiger partial charge on any atom is 0.242 e. The summed E-state index contributed by atoms with van der Waals surface area (Å²) in [5.74, 6) is -1.46. The van der Waals surface area contributed by atoms with Crippen LogP contribution < -0.4 is 22.1 Å². The van der Waals surface area contributed by atoms with E-state index in [4.69, 9.17) is 23.1 Å². The number of carbonyl (C=O) groups is 3. The summed E-state index contributed by atoms with van der Waals surface area (Å²) in [6.45, 7) is 0.678. The lowest BCUT2D eigenvalue weighted by atomic mass is 10.1. The average Bonchev–Trinajstić information content (AvgIpc) is 2.36. The van der Waals surface area contributed by atoms with E-state index < -0.39 is 17.9 Å². The summed E-state index contributed by atoms with van der Waals surface area (Å²) >= 11 is 5.38. The first kappa shape index (κ1) is 17.7. The third kappa shape index (κ3) is 9.26.